The van der Waals surface area contributed by atoms with Gasteiger partial charge in [-0.2, -0.15) is 0 Å². The molecule has 0 unspecified atom stereocenters. The molecule has 1 fully saturated rings. The molecule has 4 heteroatoms. The Balaban J connectivity index is 2.23. The van der Waals surface area contributed by atoms with E-state index in [2.05, 4.69) is 5.32 Å². The molecule has 0 aromatic rings. The molecule has 1 aliphatic rings. The van der Waals surface area contributed by atoms with Crippen molar-refractivity contribution in [1.82, 2.24) is 10.2 Å². The molecule has 0 heterocycles. The van der Waals surface area contributed by atoms with E-state index in [0.717, 1.165) is 19.3 Å². The fourth-order valence-electron chi connectivity index (χ4n) is 2.44. The standard InChI is InChI=1S/C14H26N2O2/c1-3-9-15-14(18)11-16(2)10-13(17)12-7-5-4-6-8-12/h12H,3-11H2,1-2H3,(H,15,18). The van der Waals surface area contributed by atoms with E-state index in [4.69, 9.17) is 0 Å². The third kappa shape index (κ3) is 5.63. The van der Waals surface area contributed by atoms with Gasteiger partial charge in [-0.1, -0.05) is 26.2 Å². The highest BCUT2D eigenvalue weighted by Crippen LogP contribution is 2.24. The van der Waals surface area contributed by atoms with Gasteiger partial charge in [0.15, 0.2) is 0 Å². The van der Waals surface area contributed by atoms with Crippen LogP contribution >= 0.6 is 0 Å². The normalized spacial score (nSPS) is 16.8. The summed E-state index contributed by atoms with van der Waals surface area (Å²) in [5, 5.41) is 2.82. The van der Waals surface area contributed by atoms with E-state index >= 15 is 0 Å². The molecule has 1 rings (SSSR count). The maximum Gasteiger partial charge on any atom is 0.234 e. The average molecular weight is 254 g/mol. The van der Waals surface area contributed by atoms with Gasteiger partial charge < -0.3 is 5.32 Å². The molecule has 0 saturated heterocycles. The van der Waals surface area contributed by atoms with E-state index in [9.17, 15) is 9.59 Å². The van der Waals surface area contributed by atoms with Crippen LogP contribution in [0, 0.1) is 5.92 Å². The third-order valence-corrected chi connectivity index (χ3v) is 3.47. The van der Waals surface area contributed by atoms with Crippen molar-refractivity contribution in [3.63, 3.8) is 0 Å². The van der Waals surface area contributed by atoms with E-state index in [0.29, 0.717) is 25.4 Å². The van der Waals surface area contributed by atoms with Crippen molar-refractivity contribution >= 4 is 11.7 Å². The molecule has 0 atom stereocenters. The van der Waals surface area contributed by atoms with Gasteiger partial charge in [0.25, 0.3) is 0 Å². The maximum atomic E-state index is 12.0. The maximum absolute atomic E-state index is 12.0. The fraction of sp³-hybridized carbons (Fsp3) is 0.857. The van der Waals surface area contributed by atoms with Crippen LogP contribution in [0.4, 0.5) is 0 Å². The molecule has 0 bridgehead atoms. The Morgan fingerprint density at radius 3 is 2.44 bits per heavy atom. The summed E-state index contributed by atoms with van der Waals surface area (Å²) in [6.07, 6.45) is 6.63. The summed E-state index contributed by atoms with van der Waals surface area (Å²) in [4.78, 5) is 25.4. The zero-order valence-corrected chi connectivity index (χ0v) is 11.7. The van der Waals surface area contributed by atoms with Crippen LogP contribution in [0.25, 0.3) is 0 Å². The number of hydrogen-bond donors (Lipinski definition) is 1. The largest absolute Gasteiger partial charge is 0.355 e. The second kappa shape index (κ2) is 8.25. The molecule has 1 saturated carbocycles. The number of nitrogens with zero attached hydrogens (tertiary/aromatic N) is 1. The molecule has 104 valence electrons. The average Bonchev–Trinajstić information content (AvgIpc) is 2.37. The van der Waals surface area contributed by atoms with Crippen molar-refractivity contribution in [3.05, 3.63) is 0 Å². The van der Waals surface area contributed by atoms with Crippen molar-refractivity contribution in [2.75, 3.05) is 26.7 Å². The number of hydrogen-bond acceptors (Lipinski definition) is 3. The number of carbonyl (C=O) groups excluding carboxylic acids is 2. The minimum Gasteiger partial charge on any atom is -0.355 e. The quantitative estimate of drug-likeness (QED) is 0.750. The summed E-state index contributed by atoms with van der Waals surface area (Å²) in [6.45, 7) is 3.46. The third-order valence-electron chi connectivity index (χ3n) is 3.47. The predicted octanol–water partition coefficient (Wildman–Crippen LogP) is 1.59. The highest BCUT2D eigenvalue weighted by atomic mass is 16.2. The molecule has 0 aromatic heterocycles. The zero-order chi connectivity index (χ0) is 13.4. The van der Waals surface area contributed by atoms with Crippen molar-refractivity contribution in [2.45, 2.75) is 45.4 Å². The first kappa shape index (κ1) is 15.2. The summed E-state index contributed by atoms with van der Waals surface area (Å²) in [7, 11) is 1.84. The van der Waals surface area contributed by atoms with Gasteiger partial charge in [0, 0.05) is 12.5 Å². The SMILES string of the molecule is CCCNC(=O)CN(C)CC(=O)C1CCCCC1. The summed E-state index contributed by atoms with van der Waals surface area (Å²) >= 11 is 0. The Hall–Kier alpha value is -0.900. The van der Waals surface area contributed by atoms with Crippen LogP contribution in [-0.2, 0) is 9.59 Å². The predicted molar refractivity (Wildman–Crippen MR) is 72.4 cm³/mol. The van der Waals surface area contributed by atoms with Gasteiger partial charge >= 0.3 is 0 Å². The second-order valence-corrected chi connectivity index (χ2v) is 5.32. The molecule has 1 amide bonds. The van der Waals surface area contributed by atoms with Gasteiger partial charge in [-0.05, 0) is 26.3 Å². The Kier molecular flexibility index (Phi) is 6.94. The minimum absolute atomic E-state index is 0.00999. The molecule has 0 spiro atoms. The fourth-order valence-corrected chi connectivity index (χ4v) is 2.44. The summed E-state index contributed by atoms with van der Waals surface area (Å²) < 4.78 is 0. The smallest absolute Gasteiger partial charge is 0.234 e. The van der Waals surface area contributed by atoms with Crippen molar-refractivity contribution in [3.8, 4) is 0 Å². The lowest BCUT2D eigenvalue weighted by atomic mass is 9.86. The van der Waals surface area contributed by atoms with E-state index in [-0.39, 0.29) is 11.8 Å². The van der Waals surface area contributed by atoms with Crippen molar-refractivity contribution in [1.29, 1.82) is 0 Å². The van der Waals surface area contributed by atoms with Crippen molar-refractivity contribution < 1.29 is 9.59 Å². The van der Waals surface area contributed by atoms with Gasteiger partial charge in [0.1, 0.15) is 5.78 Å². The number of amides is 1. The zero-order valence-electron chi connectivity index (χ0n) is 11.7. The Morgan fingerprint density at radius 2 is 1.83 bits per heavy atom. The molecule has 4 nitrogen and oxygen atoms in total. The number of Topliss-reactive ketones (excluding diaryl/α,β-unsaturated/α-hetero) is 1. The lowest BCUT2D eigenvalue weighted by Crippen LogP contribution is -2.39. The summed E-state index contributed by atoms with van der Waals surface area (Å²) in [5.41, 5.74) is 0. The van der Waals surface area contributed by atoms with Crippen LogP contribution in [0.15, 0.2) is 0 Å². The van der Waals surface area contributed by atoms with Crippen LogP contribution in [0.1, 0.15) is 45.4 Å². The topological polar surface area (TPSA) is 49.4 Å². The molecule has 1 aliphatic carbocycles. The first-order chi connectivity index (χ1) is 8.63. The molecule has 1 N–H and O–H groups in total. The first-order valence-electron chi connectivity index (χ1n) is 7.11. The van der Waals surface area contributed by atoms with Gasteiger partial charge in [0.2, 0.25) is 5.91 Å². The number of carbonyl (C=O) groups is 2. The lowest BCUT2D eigenvalue weighted by Gasteiger charge is -2.23. The first-order valence-corrected chi connectivity index (χ1v) is 7.11. The van der Waals surface area contributed by atoms with Crippen LogP contribution < -0.4 is 5.32 Å². The molecule has 18 heavy (non-hydrogen) atoms. The number of rotatable bonds is 7. The molecule has 0 aliphatic heterocycles. The Bertz CT molecular complexity index is 273. The second-order valence-electron chi connectivity index (χ2n) is 5.32. The van der Waals surface area contributed by atoms with E-state index < -0.39 is 0 Å². The minimum atomic E-state index is 0.00999. The van der Waals surface area contributed by atoms with Crippen LogP contribution in [0.5, 0.6) is 0 Å². The van der Waals surface area contributed by atoms with Crippen LogP contribution in [-0.4, -0.2) is 43.3 Å². The van der Waals surface area contributed by atoms with Crippen molar-refractivity contribution in [2.24, 2.45) is 5.92 Å². The van der Waals surface area contributed by atoms with Crippen LogP contribution in [0.3, 0.4) is 0 Å². The highest BCUT2D eigenvalue weighted by Gasteiger charge is 2.22. The van der Waals surface area contributed by atoms with Crippen LogP contribution in [0.2, 0.25) is 0 Å². The molecular weight excluding hydrogens is 228 g/mol. The summed E-state index contributed by atoms with van der Waals surface area (Å²) in [5.74, 6) is 0.552. The number of ketones is 1. The van der Waals surface area contributed by atoms with Gasteiger partial charge in [-0.25, -0.2) is 0 Å². The van der Waals surface area contributed by atoms with E-state index in [1.54, 1.807) is 0 Å². The lowest BCUT2D eigenvalue weighted by molar-refractivity contribution is -0.126. The number of nitrogens with one attached hydrogen (secondary N) is 1. The molecule has 0 radical (unpaired) electrons. The van der Waals surface area contributed by atoms with Gasteiger partial charge in [0.05, 0.1) is 13.1 Å². The molecular formula is C14H26N2O2. The highest BCUT2D eigenvalue weighted by molar-refractivity contribution is 5.84. The van der Waals surface area contributed by atoms with Gasteiger partial charge in [-0.3, -0.25) is 14.5 Å². The summed E-state index contributed by atoms with van der Waals surface area (Å²) in [6, 6.07) is 0. The Labute approximate surface area is 110 Å². The number of likely N-dealkylation sites (N-methyl/N-ethyl adjacent to an activating group) is 1. The van der Waals surface area contributed by atoms with Gasteiger partial charge in [-0.15, -0.1) is 0 Å². The molecule has 0 aromatic carbocycles. The Morgan fingerprint density at radius 1 is 1.17 bits per heavy atom. The van der Waals surface area contributed by atoms with E-state index in [1.807, 2.05) is 18.9 Å². The van der Waals surface area contributed by atoms with E-state index in [1.165, 1.54) is 19.3 Å². The monoisotopic (exact) mass is 254 g/mol.